The molecule has 4 nitrogen and oxygen atoms in total. The number of hydrogen-bond donors (Lipinski definition) is 1. The van der Waals surface area contributed by atoms with Crippen LogP contribution < -0.4 is 5.43 Å². The average molecular weight is 241 g/mol. The number of nitriles is 1. The van der Waals surface area contributed by atoms with E-state index in [0.717, 1.165) is 16.7 Å². The van der Waals surface area contributed by atoms with Gasteiger partial charge in [-0.3, -0.25) is 4.79 Å². The lowest BCUT2D eigenvalue weighted by molar-refractivity contribution is -0.127. The van der Waals surface area contributed by atoms with Crippen molar-refractivity contribution in [3.63, 3.8) is 0 Å². The van der Waals surface area contributed by atoms with Gasteiger partial charge in [0, 0.05) is 24.2 Å². The minimum atomic E-state index is -4.34. The van der Waals surface area contributed by atoms with Crippen LogP contribution in [0.3, 0.4) is 0 Å². The van der Waals surface area contributed by atoms with Gasteiger partial charge in [0.2, 0.25) is 5.43 Å². The molecule has 0 aliphatic rings. The van der Waals surface area contributed by atoms with Gasteiger partial charge in [-0.25, -0.2) is 0 Å². The Balaban J connectivity index is 2.64. The van der Waals surface area contributed by atoms with Crippen molar-refractivity contribution in [1.82, 2.24) is 9.38 Å². The van der Waals surface area contributed by atoms with Gasteiger partial charge in [-0.2, -0.15) is 18.4 Å². The molecular formula is C10H6F3N3O. The molecule has 7 heteroatoms. The maximum Gasteiger partial charge on any atom is 0.394 e. The van der Waals surface area contributed by atoms with Crippen molar-refractivity contribution < 1.29 is 13.2 Å². The van der Waals surface area contributed by atoms with Crippen molar-refractivity contribution in [2.24, 2.45) is 0 Å². The monoisotopic (exact) mass is 241 g/mol. The lowest BCUT2D eigenvalue weighted by Gasteiger charge is -2.05. The summed E-state index contributed by atoms with van der Waals surface area (Å²) in [4.78, 5) is 13.8. The van der Waals surface area contributed by atoms with E-state index in [1.807, 2.05) is 0 Å². The van der Waals surface area contributed by atoms with Crippen LogP contribution in [0.1, 0.15) is 11.3 Å². The Kier molecular flexibility index (Phi) is 2.42. The average Bonchev–Trinajstić information content (AvgIpc) is 2.59. The van der Waals surface area contributed by atoms with E-state index in [9.17, 15) is 18.0 Å². The Labute approximate surface area is 92.9 Å². The summed E-state index contributed by atoms with van der Waals surface area (Å²) in [5.74, 6) is 0. The lowest BCUT2D eigenvalue weighted by Crippen LogP contribution is -2.14. The van der Waals surface area contributed by atoms with Gasteiger partial charge in [0.15, 0.2) is 0 Å². The van der Waals surface area contributed by atoms with Crippen molar-refractivity contribution in [1.29, 1.82) is 5.26 Å². The van der Waals surface area contributed by atoms with Crippen LogP contribution in [0.4, 0.5) is 13.2 Å². The molecule has 0 amide bonds. The fourth-order valence-electron chi connectivity index (χ4n) is 1.59. The minimum Gasteiger partial charge on any atom is -0.345 e. The number of aromatic amines is 1. The molecule has 0 atom stereocenters. The number of imidazole rings is 1. The zero-order chi connectivity index (χ0) is 12.6. The number of halogens is 3. The second-order valence-electron chi connectivity index (χ2n) is 3.46. The largest absolute Gasteiger partial charge is 0.394 e. The van der Waals surface area contributed by atoms with Gasteiger partial charge in [-0.15, -0.1) is 0 Å². The molecule has 0 radical (unpaired) electrons. The molecule has 2 aromatic rings. The fraction of sp³-hybridized carbons (Fsp3) is 0.200. The third kappa shape index (κ3) is 2.01. The van der Waals surface area contributed by atoms with Crippen LogP contribution in [0.2, 0.25) is 0 Å². The van der Waals surface area contributed by atoms with Gasteiger partial charge in [-0.1, -0.05) is 0 Å². The van der Waals surface area contributed by atoms with Crippen LogP contribution in [-0.4, -0.2) is 15.6 Å². The highest BCUT2D eigenvalue weighted by atomic mass is 19.4. The molecule has 2 heterocycles. The predicted molar refractivity (Wildman–Crippen MR) is 52.5 cm³/mol. The standard InChI is InChI=1S/C10H6F3N3O/c11-10(12,13)3-6-5-15-9-7(4-14)8(17)1-2-16(6)9/h1-2,5,15H,3H2. The summed E-state index contributed by atoms with van der Waals surface area (Å²) >= 11 is 0. The quantitative estimate of drug-likeness (QED) is 0.824. The molecule has 1 N–H and O–H groups in total. The van der Waals surface area contributed by atoms with Crippen molar-refractivity contribution in [2.75, 3.05) is 0 Å². The van der Waals surface area contributed by atoms with Gasteiger partial charge in [0.25, 0.3) is 0 Å². The summed E-state index contributed by atoms with van der Waals surface area (Å²) in [5, 5.41) is 8.75. The van der Waals surface area contributed by atoms with E-state index in [2.05, 4.69) is 4.98 Å². The number of alkyl halides is 3. The number of fused-ring (bicyclic) bond motifs is 1. The lowest BCUT2D eigenvalue weighted by atomic mass is 10.2. The summed E-state index contributed by atoms with van der Waals surface area (Å²) in [6.45, 7) is 0. The van der Waals surface area contributed by atoms with E-state index < -0.39 is 18.0 Å². The van der Waals surface area contributed by atoms with Crippen LogP contribution >= 0.6 is 0 Å². The summed E-state index contributed by atoms with van der Waals surface area (Å²) in [5.41, 5.74) is -0.683. The first kappa shape index (κ1) is 11.3. The molecule has 2 aromatic heterocycles. The fourth-order valence-corrected chi connectivity index (χ4v) is 1.59. The molecular weight excluding hydrogens is 235 g/mol. The highest BCUT2D eigenvalue weighted by Crippen LogP contribution is 2.21. The third-order valence-electron chi connectivity index (χ3n) is 2.28. The minimum absolute atomic E-state index is 0.0519. The van der Waals surface area contributed by atoms with Crippen LogP contribution in [0.15, 0.2) is 23.3 Å². The molecule has 88 valence electrons. The molecule has 0 aliphatic heterocycles. The third-order valence-corrected chi connectivity index (χ3v) is 2.28. The summed E-state index contributed by atoms with van der Waals surface area (Å²) < 4.78 is 37.9. The van der Waals surface area contributed by atoms with Gasteiger partial charge in [0.05, 0.1) is 6.42 Å². The van der Waals surface area contributed by atoms with E-state index >= 15 is 0 Å². The number of hydrogen-bond acceptors (Lipinski definition) is 2. The molecule has 0 saturated carbocycles. The Hall–Kier alpha value is -2.23. The number of H-pyrrole nitrogens is 1. The Bertz CT molecular complexity index is 660. The second kappa shape index (κ2) is 3.66. The first-order chi connectivity index (χ1) is 7.92. The van der Waals surface area contributed by atoms with E-state index in [-0.39, 0.29) is 16.9 Å². The number of pyridine rings is 1. The Morgan fingerprint density at radius 2 is 2.18 bits per heavy atom. The first-order valence-electron chi connectivity index (χ1n) is 4.61. The molecule has 0 spiro atoms. The molecule has 0 fully saturated rings. The van der Waals surface area contributed by atoms with Crippen LogP contribution in [0.5, 0.6) is 0 Å². The van der Waals surface area contributed by atoms with Crippen LogP contribution in [0.25, 0.3) is 5.65 Å². The molecule has 2 rings (SSSR count). The number of aromatic nitrogens is 2. The highest BCUT2D eigenvalue weighted by Gasteiger charge is 2.29. The maximum absolute atomic E-state index is 12.3. The SMILES string of the molecule is N#Cc1c(=O)ccn2c(CC(F)(F)F)c[nH]c12. The first-order valence-corrected chi connectivity index (χ1v) is 4.61. The van der Waals surface area contributed by atoms with Gasteiger partial charge >= 0.3 is 6.18 Å². The smallest absolute Gasteiger partial charge is 0.345 e. The van der Waals surface area contributed by atoms with Crippen molar-refractivity contribution in [3.05, 3.63) is 39.9 Å². The zero-order valence-electron chi connectivity index (χ0n) is 8.38. The van der Waals surface area contributed by atoms with Crippen LogP contribution in [-0.2, 0) is 6.42 Å². The van der Waals surface area contributed by atoms with Gasteiger partial charge in [0.1, 0.15) is 17.3 Å². The Morgan fingerprint density at radius 1 is 1.47 bits per heavy atom. The number of nitrogens with zero attached hydrogens (tertiary/aromatic N) is 2. The molecule has 0 aromatic carbocycles. The van der Waals surface area contributed by atoms with Crippen LogP contribution in [0, 0.1) is 11.3 Å². The zero-order valence-corrected chi connectivity index (χ0v) is 8.38. The topological polar surface area (TPSA) is 61.1 Å². The predicted octanol–water partition coefficient (Wildman–Crippen LogP) is 1.60. The van der Waals surface area contributed by atoms with E-state index in [1.165, 1.54) is 6.20 Å². The van der Waals surface area contributed by atoms with Crippen molar-refractivity contribution >= 4 is 5.65 Å². The number of nitrogens with one attached hydrogen (secondary N) is 1. The van der Waals surface area contributed by atoms with E-state index in [0.29, 0.717) is 0 Å². The van der Waals surface area contributed by atoms with Gasteiger partial charge < -0.3 is 9.38 Å². The van der Waals surface area contributed by atoms with E-state index in [4.69, 9.17) is 5.26 Å². The molecule has 0 bridgehead atoms. The van der Waals surface area contributed by atoms with E-state index in [1.54, 1.807) is 6.07 Å². The summed E-state index contributed by atoms with van der Waals surface area (Å²) in [7, 11) is 0. The van der Waals surface area contributed by atoms with Crippen molar-refractivity contribution in [2.45, 2.75) is 12.6 Å². The van der Waals surface area contributed by atoms with Crippen molar-refractivity contribution in [3.8, 4) is 6.07 Å². The summed E-state index contributed by atoms with van der Waals surface area (Å²) in [6, 6.07) is 2.74. The number of rotatable bonds is 1. The highest BCUT2D eigenvalue weighted by molar-refractivity contribution is 5.55. The normalized spacial score (nSPS) is 11.6. The second-order valence-corrected chi connectivity index (χ2v) is 3.46. The molecule has 0 saturated heterocycles. The molecule has 0 unspecified atom stereocenters. The molecule has 0 aliphatic carbocycles. The Morgan fingerprint density at radius 3 is 2.76 bits per heavy atom. The van der Waals surface area contributed by atoms with Gasteiger partial charge in [-0.05, 0) is 0 Å². The maximum atomic E-state index is 12.3. The summed E-state index contributed by atoms with van der Waals surface area (Å²) in [6.07, 6.45) is -3.11. The molecule has 17 heavy (non-hydrogen) atoms.